The van der Waals surface area contributed by atoms with Crippen LogP contribution in [0.5, 0.6) is 5.75 Å². The van der Waals surface area contributed by atoms with Crippen LogP contribution in [0.1, 0.15) is 30.1 Å². The monoisotopic (exact) mass is 383 g/mol. The normalized spacial score (nSPS) is 10.6. The van der Waals surface area contributed by atoms with Crippen molar-refractivity contribution >= 4 is 38.3 Å². The number of amides is 1. The SMILES string of the molecule is CCCCOC(=O)c1c(NC(=O)COc2ccccc2)sc2ccccc12. The van der Waals surface area contributed by atoms with Gasteiger partial charge < -0.3 is 14.8 Å². The first kappa shape index (κ1) is 18.9. The highest BCUT2D eigenvalue weighted by Crippen LogP contribution is 2.36. The summed E-state index contributed by atoms with van der Waals surface area (Å²) in [5.41, 5.74) is 0.403. The minimum atomic E-state index is -0.417. The van der Waals surface area contributed by atoms with Gasteiger partial charge in [-0.3, -0.25) is 4.79 Å². The van der Waals surface area contributed by atoms with Gasteiger partial charge in [0.1, 0.15) is 16.3 Å². The minimum absolute atomic E-state index is 0.136. The summed E-state index contributed by atoms with van der Waals surface area (Å²) in [5.74, 6) is -0.128. The Morgan fingerprint density at radius 2 is 1.78 bits per heavy atom. The molecule has 0 saturated carbocycles. The summed E-state index contributed by atoms with van der Waals surface area (Å²) in [5, 5.41) is 4.06. The van der Waals surface area contributed by atoms with Crippen molar-refractivity contribution in [3.63, 3.8) is 0 Å². The van der Waals surface area contributed by atoms with Crippen molar-refractivity contribution in [3.8, 4) is 5.75 Å². The highest BCUT2D eigenvalue weighted by Gasteiger charge is 2.21. The largest absolute Gasteiger partial charge is 0.484 e. The van der Waals surface area contributed by atoms with Crippen LogP contribution in [-0.4, -0.2) is 25.1 Å². The first-order valence-electron chi connectivity index (χ1n) is 8.85. The average Bonchev–Trinajstić information content (AvgIpc) is 3.05. The molecule has 27 heavy (non-hydrogen) atoms. The first-order chi connectivity index (χ1) is 13.2. The fraction of sp³-hybridized carbons (Fsp3) is 0.238. The lowest BCUT2D eigenvalue weighted by molar-refractivity contribution is -0.118. The number of benzene rings is 2. The summed E-state index contributed by atoms with van der Waals surface area (Å²) < 4.78 is 11.8. The van der Waals surface area contributed by atoms with Crippen LogP contribution in [0.25, 0.3) is 10.1 Å². The third-order valence-electron chi connectivity index (χ3n) is 3.90. The number of rotatable bonds is 8. The number of carbonyl (C=O) groups excluding carboxylic acids is 2. The number of nitrogens with one attached hydrogen (secondary N) is 1. The van der Waals surface area contributed by atoms with Crippen LogP contribution in [-0.2, 0) is 9.53 Å². The molecule has 3 aromatic rings. The van der Waals surface area contributed by atoms with E-state index in [-0.39, 0.29) is 12.5 Å². The van der Waals surface area contributed by atoms with E-state index in [4.69, 9.17) is 9.47 Å². The summed E-state index contributed by atoms with van der Waals surface area (Å²) in [7, 11) is 0. The van der Waals surface area contributed by atoms with Gasteiger partial charge in [-0.2, -0.15) is 0 Å². The smallest absolute Gasteiger partial charge is 0.341 e. The number of esters is 1. The number of hydrogen-bond acceptors (Lipinski definition) is 5. The van der Waals surface area contributed by atoms with Gasteiger partial charge in [-0.15, -0.1) is 11.3 Å². The van der Waals surface area contributed by atoms with E-state index in [0.717, 1.165) is 22.9 Å². The van der Waals surface area contributed by atoms with Crippen molar-refractivity contribution in [2.45, 2.75) is 19.8 Å². The third-order valence-corrected chi connectivity index (χ3v) is 4.98. The molecule has 0 aliphatic rings. The summed E-state index contributed by atoms with van der Waals surface area (Å²) in [6.45, 7) is 2.26. The van der Waals surface area contributed by atoms with Gasteiger partial charge >= 0.3 is 5.97 Å². The molecule has 0 aliphatic heterocycles. The Balaban J connectivity index is 1.75. The second kappa shape index (κ2) is 9.19. The molecule has 0 spiro atoms. The quantitative estimate of drug-likeness (QED) is 0.445. The zero-order valence-electron chi connectivity index (χ0n) is 15.1. The number of ether oxygens (including phenoxy) is 2. The predicted molar refractivity (Wildman–Crippen MR) is 108 cm³/mol. The molecule has 5 nitrogen and oxygen atoms in total. The second-order valence-electron chi connectivity index (χ2n) is 5.94. The fourth-order valence-corrected chi connectivity index (χ4v) is 3.65. The lowest BCUT2D eigenvalue weighted by atomic mass is 10.1. The number of thiophene rings is 1. The Bertz CT molecular complexity index is 920. The number of carbonyl (C=O) groups is 2. The Labute approximate surface area is 161 Å². The Kier molecular flexibility index (Phi) is 6.44. The summed E-state index contributed by atoms with van der Waals surface area (Å²) in [4.78, 5) is 24.9. The van der Waals surface area contributed by atoms with Crippen molar-refractivity contribution in [2.24, 2.45) is 0 Å². The van der Waals surface area contributed by atoms with Gasteiger partial charge in [-0.1, -0.05) is 49.7 Å². The van der Waals surface area contributed by atoms with E-state index in [0.29, 0.717) is 22.9 Å². The van der Waals surface area contributed by atoms with E-state index in [9.17, 15) is 9.59 Å². The molecule has 3 rings (SSSR count). The van der Waals surface area contributed by atoms with E-state index in [1.165, 1.54) is 11.3 Å². The molecule has 2 aromatic carbocycles. The van der Waals surface area contributed by atoms with Crippen molar-refractivity contribution in [1.29, 1.82) is 0 Å². The highest BCUT2D eigenvalue weighted by atomic mass is 32.1. The second-order valence-corrected chi connectivity index (χ2v) is 6.99. The molecule has 0 bridgehead atoms. The van der Waals surface area contributed by atoms with Crippen molar-refractivity contribution in [2.75, 3.05) is 18.5 Å². The maximum atomic E-state index is 12.6. The molecule has 0 fully saturated rings. The zero-order valence-corrected chi connectivity index (χ0v) is 15.9. The van der Waals surface area contributed by atoms with Crippen LogP contribution in [0.3, 0.4) is 0 Å². The van der Waals surface area contributed by atoms with E-state index < -0.39 is 5.97 Å². The number of anilines is 1. The van der Waals surface area contributed by atoms with Crippen LogP contribution >= 0.6 is 11.3 Å². The molecule has 0 radical (unpaired) electrons. The molecular formula is C21H21NO4S. The Morgan fingerprint density at radius 3 is 2.56 bits per heavy atom. The lowest BCUT2D eigenvalue weighted by Crippen LogP contribution is -2.21. The van der Waals surface area contributed by atoms with E-state index in [1.54, 1.807) is 12.1 Å². The Morgan fingerprint density at radius 1 is 1.04 bits per heavy atom. The minimum Gasteiger partial charge on any atom is -0.484 e. The van der Waals surface area contributed by atoms with Crippen molar-refractivity contribution < 1.29 is 19.1 Å². The lowest BCUT2D eigenvalue weighted by Gasteiger charge is -2.08. The van der Waals surface area contributed by atoms with Crippen LogP contribution in [0.15, 0.2) is 54.6 Å². The molecule has 140 valence electrons. The van der Waals surface area contributed by atoms with Crippen LogP contribution in [0, 0.1) is 0 Å². The summed E-state index contributed by atoms with van der Waals surface area (Å²) in [6.07, 6.45) is 1.75. The predicted octanol–water partition coefficient (Wildman–Crippen LogP) is 4.88. The summed E-state index contributed by atoms with van der Waals surface area (Å²) >= 11 is 1.35. The van der Waals surface area contributed by atoms with Gasteiger partial charge in [-0.05, 0) is 24.6 Å². The van der Waals surface area contributed by atoms with E-state index in [1.807, 2.05) is 49.4 Å². The molecular weight excluding hydrogens is 362 g/mol. The van der Waals surface area contributed by atoms with E-state index in [2.05, 4.69) is 5.32 Å². The maximum absolute atomic E-state index is 12.6. The molecule has 0 saturated heterocycles. The molecule has 6 heteroatoms. The van der Waals surface area contributed by atoms with E-state index >= 15 is 0 Å². The molecule has 0 aliphatic carbocycles. The molecule has 0 unspecified atom stereocenters. The number of unbranched alkanes of at least 4 members (excludes halogenated alkanes) is 1. The van der Waals surface area contributed by atoms with Gasteiger partial charge in [0.15, 0.2) is 6.61 Å². The Hall–Kier alpha value is -2.86. The van der Waals surface area contributed by atoms with Crippen LogP contribution < -0.4 is 10.1 Å². The van der Waals surface area contributed by atoms with Gasteiger partial charge in [0.2, 0.25) is 0 Å². The molecule has 1 heterocycles. The number of hydrogen-bond donors (Lipinski definition) is 1. The average molecular weight is 383 g/mol. The fourth-order valence-electron chi connectivity index (χ4n) is 2.55. The molecule has 1 amide bonds. The third kappa shape index (κ3) is 4.86. The van der Waals surface area contributed by atoms with Gasteiger partial charge in [0.25, 0.3) is 5.91 Å². The number of fused-ring (bicyclic) bond motifs is 1. The van der Waals surface area contributed by atoms with Crippen molar-refractivity contribution in [3.05, 3.63) is 60.2 Å². The molecule has 1 aromatic heterocycles. The van der Waals surface area contributed by atoms with Crippen molar-refractivity contribution in [1.82, 2.24) is 0 Å². The standard InChI is InChI=1S/C21H21NO4S/c1-2-3-13-25-21(24)19-16-11-7-8-12-17(16)27-20(19)22-18(23)14-26-15-9-5-4-6-10-15/h4-12H,2-3,13-14H2,1H3,(H,22,23). The zero-order chi connectivity index (χ0) is 19.1. The highest BCUT2D eigenvalue weighted by molar-refractivity contribution is 7.23. The topological polar surface area (TPSA) is 64.6 Å². The van der Waals surface area contributed by atoms with Gasteiger partial charge in [0, 0.05) is 10.1 Å². The van der Waals surface area contributed by atoms with Gasteiger partial charge in [-0.25, -0.2) is 4.79 Å². The maximum Gasteiger partial charge on any atom is 0.341 e. The molecule has 0 atom stereocenters. The van der Waals surface area contributed by atoms with Crippen LogP contribution in [0.4, 0.5) is 5.00 Å². The first-order valence-corrected chi connectivity index (χ1v) is 9.67. The van der Waals surface area contributed by atoms with Crippen LogP contribution in [0.2, 0.25) is 0 Å². The number of para-hydroxylation sites is 1. The van der Waals surface area contributed by atoms with Gasteiger partial charge in [0.05, 0.1) is 6.61 Å². The summed E-state index contributed by atoms with van der Waals surface area (Å²) in [6, 6.07) is 16.6. The molecule has 1 N–H and O–H groups in total.